The van der Waals surface area contributed by atoms with Crippen LogP contribution in [0.1, 0.15) is 19.3 Å². The molecule has 0 bridgehead atoms. The van der Waals surface area contributed by atoms with Crippen LogP contribution in [0.5, 0.6) is 0 Å². The molecule has 0 spiro atoms. The second-order valence-corrected chi connectivity index (χ2v) is 8.11. The van der Waals surface area contributed by atoms with E-state index in [1.165, 1.54) is 12.8 Å². The summed E-state index contributed by atoms with van der Waals surface area (Å²) in [5.74, 6) is 2.86. The number of aliphatic hydroxyl groups is 1. The highest BCUT2D eigenvalue weighted by atomic mass is 79.9. The molecule has 3 aromatic rings. The number of hydrogen-bond donors (Lipinski definition) is 3. The van der Waals surface area contributed by atoms with E-state index in [1.54, 1.807) is 6.33 Å². The molecule has 124 valence electrons. The number of aromatic nitrogens is 3. The van der Waals surface area contributed by atoms with Crippen molar-refractivity contribution in [1.82, 2.24) is 15.0 Å². The van der Waals surface area contributed by atoms with Crippen molar-refractivity contribution in [2.45, 2.75) is 25.3 Å². The molecule has 0 amide bonds. The van der Waals surface area contributed by atoms with Crippen LogP contribution in [0.2, 0.25) is 0 Å². The number of aromatic amines is 1. The molecule has 3 N–H and O–H groups in total. The van der Waals surface area contributed by atoms with E-state index in [9.17, 15) is 5.11 Å². The highest BCUT2D eigenvalue weighted by Gasteiger charge is 2.47. The van der Waals surface area contributed by atoms with Gasteiger partial charge in [-0.15, -0.1) is 0 Å². The largest absolute Gasteiger partial charge is 0.396 e. The van der Waals surface area contributed by atoms with Gasteiger partial charge in [-0.2, -0.15) is 0 Å². The third kappa shape index (κ3) is 2.16. The van der Waals surface area contributed by atoms with Crippen molar-refractivity contribution in [2.75, 3.05) is 11.9 Å². The molecule has 0 radical (unpaired) electrons. The normalized spacial score (nSPS) is 28.9. The maximum Gasteiger partial charge on any atom is 0.143 e. The van der Waals surface area contributed by atoms with E-state index in [-0.39, 0.29) is 0 Å². The fraction of sp³-hybridized carbons (Fsp3) is 0.444. The third-order valence-electron chi connectivity index (χ3n) is 5.85. The van der Waals surface area contributed by atoms with Crippen molar-refractivity contribution in [3.8, 4) is 0 Å². The number of anilines is 1. The summed E-state index contributed by atoms with van der Waals surface area (Å²) in [7, 11) is 0. The number of H-pyrrole nitrogens is 1. The van der Waals surface area contributed by atoms with Crippen LogP contribution in [-0.2, 0) is 0 Å². The minimum atomic E-state index is 0.328. The lowest BCUT2D eigenvalue weighted by atomic mass is 9.71. The van der Waals surface area contributed by atoms with Crippen LogP contribution in [-0.4, -0.2) is 32.7 Å². The first-order valence-corrected chi connectivity index (χ1v) is 9.31. The number of nitrogens with one attached hydrogen (secondary N) is 2. The monoisotopic (exact) mass is 386 g/mol. The molecule has 1 aromatic carbocycles. The Hall–Kier alpha value is -1.66. The summed E-state index contributed by atoms with van der Waals surface area (Å²) in [6, 6.07) is 6.69. The van der Waals surface area contributed by atoms with Crippen molar-refractivity contribution in [2.24, 2.45) is 17.8 Å². The number of halogens is 1. The fourth-order valence-electron chi connectivity index (χ4n) is 4.65. The molecular formula is C18H19BrN4O. The van der Waals surface area contributed by atoms with Gasteiger partial charge in [0.15, 0.2) is 0 Å². The van der Waals surface area contributed by atoms with Gasteiger partial charge in [-0.05, 0) is 49.1 Å². The van der Waals surface area contributed by atoms with Crippen molar-refractivity contribution in [1.29, 1.82) is 0 Å². The van der Waals surface area contributed by atoms with Gasteiger partial charge in [0.05, 0.1) is 5.39 Å². The van der Waals surface area contributed by atoms with E-state index in [0.717, 1.165) is 44.6 Å². The van der Waals surface area contributed by atoms with Crippen LogP contribution in [0.25, 0.3) is 21.9 Å². The Balaban J connectivity index is 1.50. The van der Waals surface area contributed by atoms with Crippen LogP contribution in [0.3, 0.4) is 0 Å². The van der Waals surface area contributed by atoms with E-state index >= 15 is 0 Å². The van der Waals surface area contributed by atoms with Gasteiger partial charge in [0, 0.05) is 28.0 Å². The molecule has 2 saturated carbocycles. The first kappa shape index (κ1) is 14.7. The standard InChI is InChI=1S/C18H19BrN4O/c19-11-1-2-12-15(6-11)23-18-16(12)17(20-8-21-18)22-14-5-10-3-9(7-24)4-13(10)14/h1-2,6,8-10,13-14,24H,3-5,7H2,(H2,20,21,22,23)/t9?,10-,13-,14+/m1/s1. The quantitative estimate of drug-likeness (QED) is 0.641. The van der Waals surface area contributed by atoms with Gasteiger partial charge in [0.25, 0.3) is 0 Å². The van der Waals surface area contributed by atoms with Gasteiger partial charge >= 0.3 is 0 Å². The summed E-state index contributed by atoms with van der Waals surface area (Å²) in [6.45, 7) is 0.328. The third-order valence-corrected chi connectivity index (χ3v) is 6.35. The maximum absolute atomic E-state index is 9.41. The lowest BCUT2D eigenvalue weighted by molar-refractivity contribution is 0.188. The number of aliphatic hydroxyl groups excluding tert-OH is 1. The predicted octanol–water partition coefficient (Wildman–Crippen LogP) is 3.69. The molecule has 2 aliphatic rings. The van der Waals surface area contributed by atoms with Gasteiger partial charge in [-0.1, -0.05) is 22.0 Å². The minimum Gasteiger partial charge on any atom is -0.396 e. The van der Waals surface area contributed by atoms with Gasteiger partial charge in [-0.3, -0.25) is 0 Å². The number of fused-ring (bicyclic) bond motifs is 4. The summed E-state index contributed by atoms with van der Waals surface area (Å²) in [6.07, 6.45) is 5.12. The summed E-state index contributed by atoms with van der Waals surface area (Å²) in [5, 5.41) is 15.3. The van der Waals surface area contributed by atoms with Crippen molar-refractivity contribution < 1.29 is 5.11 Å². The molecule has 1 unspecified atom stereocenters. The zero-order valence-corrected chi connectivity index (χ0v) is 14.8. The predicted molar refractivity (Wildman–Crippen MR) is 97.9 cm³/mol. The fourth-order valence-corrected chi connectivity index (χ4v) is 5.01. The van der Waals surface area contributed by atoms with Gasteiger partial charge in [-0.25, -0.2) is 9.97 Å². The van der Waals surface area contributed by atoms with E-state index in [1.807, 2.05) is 0 Å². The Labute approximate surface area is 148 Å². The average Bonchev–Trinajstić information content (AvgIpc) is 3.10. The molecule has 5 rings (SSSR count). The molecule has 2 aliphatic carbocycles. The molecule has 4 atom stereocenters. The zero-order valence-electron chi connectivity index (χ0n) is 13.2. The molecular weight excluding hydrogens is 368 g/mol. The number of rotatable bonds is 3. The molecule has 2 aromatic heterocycles. The Morgan fingerprint density at radius 1 is 1.25 bits per heavy atom. The van der Waals surface area contributed by atoms with Crippen LogP contribution in [0, 0.1) is 17.8 Å². The SMILES string of the molecule is OCC1C[C@@H]2C[C@H](Nc3ncnc4[nH]c5cc(Br)ccc5c34)[C@@H]2C1. The van der Waals surface area contributed by atoms with Crippen molar-refractivity contribution >= 4 is 43.7 Å². The second-order valence-electron chi connectivity index (χ2n) is 7.19. The Bertz CT molecular complexity index is 924. The van der Waals surface area contributed by atoms with Gasteiger partial charge in [0.1, 0.15) is 17.8 Å². The summed E-state index contributed by atoms with van der Waals surface area (Å²) in [4.78, 5) is 12.3. The molecule has 0 aliphatic heterocycles. The van der Waals surface area contributed by atoms with E-state index in [4.69, 9.17) is 0 Å². The molecule has 0 saturated heterocycles. The average molecular weight is 387 g/mol. The van der Waals surface area contributed by atoms with Crippen LogP contribution < -0.4 is 5.32 Å². The first-order chi connectivity index (χ1) is 11.7. The lowest BCUT2D eigenvalue weighted by Gasteiger charge is -2.41. The lowest BCUT2D eigenvalue weighted by Crippen LogP contribution is -2.43. The highest BCUT2D eigenvalue weighted by molar-refractivity contribution is 9.10. The van der Waals surface area contributed by atoms with Gasteiger partial charge < -0.3 is 15.4 Å². The van der Waals surface area contributed by atoms with E-state index in [2.05, 4.69) is 54.4 Å². The Morgan fingerprint density at radius 3 is 3.04 bits per heavy atom. The smallest absolute Gasteiger partial charge is 0.143 e. The molecule has 5 nitrogen and oxygen atoms in total. The molecule has 6 heteroatoms. The van der Waals surface area contributed by atoms with Crippen LogP contribution >= 0.6 is 15.9 Å². The van der Waals surface area contributed by atoms with Crippen molar-refractivity contribution in [3.05, 3.63) is 29.0 Å². The number of nitrogens with zero attached hydrogens (tertiary/aromatic N) is 2. The van der Waals surface area contributed by atoms with Crippen LogP contribution in [0.4, 0.5) is 5.82 Å². The number of benzene rings is 1. The molecule has 24 heavy (non-hydrogen) atoms. The van der Waals surface area contributed by atoms with E-state index in [0.29, 0.717) is 24.5 Å². The first-order valence-electron chi connectivity index (χ1n) is 8.52. The maximum atomic E-state index is 9.41. The van der Waals surface area contributed by atoms with Crippen molar-refractivity contribution in [3.63, 3.8) is 0 Å². The minimum absolute atomic E-state index is 0.328. The van der Waals surface area contributed by atoms with Crippen LogP contribution in [0.15, 0.2) is 29.0 Å². The topological polar surface area (TPSA) is 73.8 Å². The Morgan fingerprint density at radius 2 is 2.17 bits per heavy atom. The molecule has 2 fully saturated rings. The van der Waals surface area contributed by atoms with E-state index < -0.39 is 0 Å². The Kier molecular flexibility index (Phi) is 3.31. The second kappa shape index (κ2) is 5.43. The molecule has 2 heterocycles. The summed E-state index contributed by atoms with van der Waals surface area (Å²) >= 11 is 3.52. The zero-order chi connectivity index (χ0) is 16.3. The summed E-state index contributed by atoms with van der Waals surface area (Å²) in [5.41, 5.74) is 1.94. The van der Waals surface area contributed by atoms with Gasteiger partial charge in [0.2, 0.25) is 0 Å². The highest BCUT2D eigenvalue weighted by Crippen LogP contribution is 2.50. The number of hydrogen-bond acceptors (Lipinski definition) is 4. The summed E-state index contributed by atoms with van der Waals surface area (Å²) < 4.78 is 1.05.